The molecule has 0 radical (unpaired) electrons. The van der Waals surface area contributed by atoms with Gasteiger partial charge >= 0.3 is 0 Å². The molecule has 0 bridgehead atoms. The summed E-state index contributed by atoms with van der Waals surface area (Å²) in [6.07, 6.45) is 3.42. The second-order valence-electron chi connectivity index (χ2n) is 3.77. The molecule has 18 heavy (non-hydrogen) atoms. The number of nitrogens with zero attached hydrogens (tertiary/aromatic N) is 2. The van der Waals surface area contributed by atoms with Crippen molar-refractivity contribution in [2.75, 3.05) is 5.32 Å². The van der Waals surface area contributed by atoms with Crippen molar-refractivity contribution in [3.63, 3.8) is 0 Å². The highest BCUT2D eigenvalue weighted by Gasteiger charge is 2.13. The van der Waals surface area contributed by atoms with Crippen LogP contribution in [0.3, 0.4) is 0 Å². The Morgan fingerprint density at radius 1 is 1.56 bits per heavy atom. The first-order valence-corrected chi connectivity index (χ1v) is 6.04. The van der Waals surface area contributed by atoms with Gasteiger partial charge in [-0.15, -0.1) is 0 Å². The van der Waals surface area contributed by atoms with Crippen LogP contribution in [-0.2, 0) is 6.54 Å². The predicted octanol–water partition coefficient (Wildman–Crippen LogP) is 3.00. The molecule has 2 N–H and O–H groups in total. The van der Waals surface area contributed by atoms with Crippen LogP contribution in [0.5, 0.6) is 0 Å². The first-order valence-electron chi connectivity index (χ1n) is 5.24. The molecule has 0 spiro atoms. The van der Waals surface area contributed by atoms with Crippen molar-refractivity contribution in [3.8, 4) is 0 Å². The highest BCUT2D eigenvalue weighted by molar-refractivity contribution is 9.10. The van der Waals surface area contributed by atoms with Gasteiger partial charge in [0, 0.05) is 34.2 Å². The van der Waals surface area contributed by atoms with E-state index >= 15 is 0 Å². The monoisotopic (exact) mass is 310 g/mol. The van der Waals surface area contributed by atoms with Crippen LogP contribution < -0.4 is 5.32 Å². The SMILES string of the molecule is Cc1cc(NCc2ncc[nH]2)c(Br)cc1[N+](=O)[O-]. The van der Waals surface area contributed by atoms with Crippen LogP contribution in [0.15, 0.2) is 29.0 Å². The molecule has 2 aromatic rings. The number of halogens is 1. The molecule has 1 aromatic heterocycles. The van der Waals surface area contributed by atoms with E-state index in [1.54, 1.807) is 25.4 Å². The zero-order valence-corrected chi connectivity index (χ0v) is 11.2. The summed E-state index contributed by atoms with van der Waals surface area (Å²) in [5.41, 5.74) is 1.52. The fourth-order valence-electron chi connectivity index (χ4n) is 1.58. The molecule has 1 heterocycles. The molecule has 1 aromatic carbocycles. The topological polar surface area (TPSA) is 83.8 Å². The number of H-pyrrole nitrogens is 1. The van der Waals surface area contributed by atoms with Crippen LogP contribution in [-0.4, -0.2) is 14.9 Å². The van der Waals surface area contributed by atoms with E-state index < -0.39 is 4.92 Å². The maximum absolute atomic E-state index is 10.8. The van der Waals surface area contributed by atoms with E-state index in [0.717, 1.165) is 11.5 Å². The number of anilines is 1. The zero-order valence-electron chi connectivity index (χ0n) is 9.61. The van der Waals surface area contributed by atoms with Gasteiger partial charge in [-0.25, -0.2) is 4.98 Å². The minimum Gasteiger partial charge on any atom is -0.377 e. The summed E-state index contributed by atoms with van der Waals surface area (Å²) in [5.74, 6) is 0.804. The quantitative estimate of drug-likeness (QED) is 0.671. The molecular formula is C11H11BrN4O2. The van der Waals surface area contributed by atoms with Crippen LogP contribution in [0.4, 0.5) is 11.4 Å². The van der Waals surface area contributed by atoms with Gasteiger partial charge in [0.2, 0.25) is 0 Å². The maximum Gasteiger partial charge on any atom is 0.273 e. The van der Waals surface area contributed by atoms with Gasteiger partial charge in [0.1, 0.15) is 5.82 Å². The van der Waals surface area contributed by atoms with Gasteiger partial charge in [-0.2, -0.15) is 0 Å². The van der Waals surface area contributed by atoms with Crippen LogP contribution in [0.25, 0.3) is 0 Å². The Balaban J connectivity index is 2.19. The molecule has 0 aliphatic carbocycles. The molecule has 2 rings (SSSR count). The summed E-state index contributed by atoms with van der Waals surface area (Å²) in [7, 11) is 0. The lowest BCUT2D eigenvalue weighted by Crippen LogP contribution is -2.03. The van der Waals surface area contributed by atoms with Crippen molar-refractivity contribution in [1.82, 2.24) is 9.97 Å². The van der Waals surface area contributed by atoms with Crippen LogP contribution >= 0.6 is 15.9 Å². The van der Waals surface area contributed by atoms with Gasteiger partial charge in [0.25, 0.3) is 5.69 Å². The molecule has 0 atom stereocenters. The lowest BCUT2D eigenvalue weighted by molar-refractivity contribution is -0.385. The van der Waals surface area contributed by atoms with Gasteiger partial charge in [0.05, 0.1) is 11.5 Å². The standard InChI is InChI=1S/C11H11BrN4O2/c1-7-4-9(8(12)5-10(7)16(17)18)15-6-11-13-2-3-14-11/h2-5,15H,6H2,1H3,(H,13,14). The molecule has 94 valence electrons. The Kier molecular flexibility index (Phi) is 3.61. The fourth-order valence-corrected chi connectivity index (χ4v) is 2.05. The predicted molar refractivity (Wildman–Crippen MR) is 71.4 cm³/mol. The summed E-state index contributed by atoms with van der Waals surface area (Å²) >= 11 is 3.32. The normalized spacial score (nSPS) is 10.3. The number of hydrogen-bond acceptors (Lipinski definition) is 4. The smallest absolute Gasteiger partial charge is 0.273 e. The minimum absolute atomic E-state index is 0.102. The van der Waals surface area contributed by atoms with E-state index in [0.29, 0.717) is 16.6 Å². The Morgan fingerprint density at radius 3 is 2.94 bits per heavy atom. The van der Waals surface area contributed by atoms with E-state index in [4.69, 9.17) is 0 Å². The third-order valence-electron chi connectivity index (χ3n) is 2.48. The summed E-state index contributed by atoms with van der Waals surface area (Å²) in [4.78, 5) is 17.4. The summed E-state index contributed by atoms with van der Waals surface area (Å²) in [5, 5.41) is 13.9. The number of hydrogen-bond donors (Lipinski definition) is 2. The highest BCUT2D eigenvalue weighted by atomic mass is 79.9. The summed E-state index contributed by atoms with van der Waals surface area (Å²) < 4.78 is 0.659. The third-order valence-corrected chi connectivity index (χ3v) is 3.14. The number of rotatable bonds is 4. The number of benzene rings is 1. The third kappa shape index (κ3) is 2.67. The van der Waals surface area contributed by atoms with Crippen molar-refractivity contribution in [1.29, 1.82) is 0 Å². The lowest BCUT2D eigenvalue weighted by atomic mass is 10.2. The van der Waals surface area contributed by atoms with Gasteiger partial charge in [-0.05, 0) is 28.9 Å². The van der Waals surface area contributed by atoms with Crippen LogP contribution in [0, 0.1) is 17.0 Å². The van der Waals surface area contributed by atoms with E-state index in [9.17, 15) is 10.1 Å². The average molecular weight is 311 g/mol. The Hall–Kier alpha value is -1.89. The molecule has 6 nitrogen and oxygen atoms in total. The molecule has 0 unspecified atom stereocenters. The van der Waals surface area contributed by atoms with Gasteiger partial charge in [-0.1, -0.05) is 0 Å². The molecule has 0 amide bonds. The first kappa shape index (κ1) is 12.6. The van der Waals surface area contributed by atoms with E-state index in [1.807, 2.05) is 0 Å². The molecule has 0 fully saturated rings. The molecule has 0 saturated heterocycles. The lowest BCUT2D eigenvalue weighted by Gasteiger charge is -2.08. The average Bonchev–Trinajstić information content (AvgIpc) is 2.82. The number of nitro groups is 1. The number of aromatic amines is 1. The van der Waals surface area contributed by atoms with E-state index in [-0.39, 0.29) is 5.69 Å². The van der Waals surface area contributed by atoms with Crippen molar-refractivity contribution in [2.24, 2.45) is 0 Å². The van der Waals surface area contributed by atoms with Gasteiger partial charge in [-0.3, -0.25) is 10.1 Å². The number of aryl methyl sites for hydroxylation is 1. The largest absolute Gasteiger partial charge is 0.377 e. The Bertz CT molecular complexity index is 569. The van der Waals surface area contributed by atoms with Crippen molar-refractivity contribution in [3.05, 3.63) is 50.5 Å². The van der Waals surface area contributed by atoms with Crippen molar-refractivity contribution >= 4 is 27.3 Å². The first-order chi connectivity index (χ1) is 8.58. The molecule has 7 heteroatoms. The van der Waals surface area contributed by atoms with Gasteiger partial charge < -0.3 is 10.3 Å². The fraction of sp³-hybridized carbons (Fsp3) is 0.182. The second kappa shape index (κ2) is 5.18. The molecule has 0 saturated carbocycles. The number of imidazole rings is 1. The molecule has 0 aliphatic rings. The van der Waals surface area contributed by atoms with Gasteiger partial charge in [0.15, 0.2) is 0 Å². The highest BCUT2D eigenvalue weighted by Crippen LogP contribution is 2.30. The summed E-state index contributed by atoms with van der Waals surface area (Å²) in [6, 6.07) is 3.24. The Labute approximate surface area is 112 Å². The maximum atomic E-state index is 10.8. The number of aromatic nitrogens is 2. The minimum atomic E-state index is -0.392. The summed E-state index contributed by atoms with van der Waals surface area (Å²) in [6.45, 7) is 2.24. The van der Waals surface area contributed by atoms with Crippen molar-refractivity contribution in [2.45, 2.75) is 13.5 Å². The Morgan fingerprint density at radius 2 is 2.33 bits per heavy atom. The number of nitro benzene ring substituents is 1. The van der Waals surface area contributed by atoms with E-state index in [1.165, 1.54) is 6.07 Å². The molecular weight excluding hydrogens is 300 g/mol. The second-order valence-corrected chi connectivity index (χ2v) is 4.62. The van der Waals surface area contributed by atoms with Crippen LogP contribution in [0.2, 0.25) is 0 Å². The molecule has 0 aliphatic heterocycles. The number of nitrogens with one attached hydrogen (secondary N) is 2. The van der Waals surface area contributed by atoms with E-state index in [2.05, 4.69) is 31.2 Å². The van der Waals surface area contributed by atoms with Crippen LogP contribution in [0.1, 0.15) is 11.4 Å². The zero-order chi connectivity index (χ0) is 13.1. The van der Waals surface area contributed by atoms with Crippen molar-refractivity contribution < 1.29 is 4.92 Å².